The number of rotatable bonds is 6. The summed E-state index contributed by atoms with van der Waals surface area (Å²) in [6, 6.07) is 9.50. The number of fused-ring (bicyclic) bond motifs is 1. The summed E-state index contributed by atoms with van der Waals surface area (Å²) in [4.78, 5) is 16.9. The van der Waals surface area contributed by atoms with Crippen LogP contribution < -0.4 is 26.0 Å². The molecule has 1 saturated heterocycles. The second-order valence-electron chi connectivity index (χ2n) is 8.75. The third-order valence-electron chi connectivity index (χ3n) is 5.40. The highest BCUT2D eigenvalue weighted by Crippen LogP contribution is 2.37. The fraction of sp³-hybridized carbons (Fsp3) is 0.455. The van der Waals surface area contributed by atoms with Crippen molar-refractivity contribution in [2.24, 2.45) is 0 Å². The molecular formula is C22H29N5O4. The molecule has 2 aliphatic rings. The highest BCUT2D eigenvalue weighted by molar-refractivity contribution is 5.97. The Bertz CT molecular complexity index is 928. The van der Waals surface area contributed by atoms with Gasteiger partial charge in [-0.2, -0.15) is 0 Å². The molecule has 1 amide bonds. The number of carbonyl (C=O) groups excluding carboxylic acids is 1. The average Bonchev–Trinajstić information content (AvgIpc) is 3.39. The Morgan fingerprint density at radius 2 is 2.06 bits per heavy atom. The van der Waals surface area contributed by atoms with Gasteiger partial charge in [-0.25, -0.2) is 9.99 Å². The maximum atomic E-state index is 12.5. The van der Waals surface area contributed by atoms with Crippen LogP contribution in [0.5, 0.6) is 5.75 Å². The van der Waals surface area contributed by atoms with E-state index in [1.54, 1.807) is 17.3 Å². The van der Waals surface area contributed by atoms with Crippen LogP contribution in [0.25, 0.3) is 0 Å². The summed E-state index contributed by atoms with van der Waals surface area (Å²) >= 11 is 0. The summed E-state index contributed by atoms with van der Waals surface area (Å²) in [6.45, 7) is 6.34. The topological polar surface area (TPSA) is 108 Å². The van der Waals surface area contributed by atoms with Crippen molar-refractivity contribution < 1.29 is 19.4 Å². The van der Waals surface area contributed by atoms with E-state index in [1.807, 2.05) is 24.3 Å². The molecule has 0 unspecified atom stereocenters. The first-order valence-electron chi connectivity index (χ1n) is 10.4. The van der Waals surface area contributed by atoms with Gasteiger partial charge in [0.05, 0.1) is 18.4 Å². The molecule has 3 heterocycles. The van der Waals surface area contributed by atoms with E-state index in [2.05, 4.69) is 42.0 Å². The standard InChI is InChI=1S/C22H29N5O4/c1-22(2,3)14-4-6-15(7-5-14)30-13-18(29)24-17-10-11-23-21-20(17)25-26-27(21)19-9-8-16(12-28)31-19/h4-7,10-11,16,19,25-26,28H,8-9,12-13H2,1-3H3,(H,23,24,29)/t16-,19+/m0/s1. The van der Waals surface area contributed by atoms with Crippen molar-refractivity contribution in [2.75, 3.05) is 29.0 Å². The Balaban J connectivity index is 1.36. The molecule has 9 nitrogen and oxygen atoms in total. The molecule has 0 bridgehead atoms. The number of amides is 1. The first-order valence-corrected chi connectivity index (χ1v) is 10.4. The van der Waals surface area contributed by atoms with Gasteiger partial charge in [0.2, 0.25) is 0 Å². The van der Waals surface area contributed by atoms with E-state index in [9.17, 15) is 9.90 Å². The van der Waals surface area contributed by atoms with Crippen molar-refractivity contribution in [1.82, 2.24) is 10.5 Å². The molecule has 166 valence electrons. The second-order valence-corrected chi connectivity index (χ2v) is 8.75. The lowest BCUT2D eigenvalue weighted by atomic mass is 9.87. The highest BCUT2D eigenvalue weighted by atomic mass is 16.5. The number of aliphatic hydroxyl groups excluding tert-OH is 1. The lowest BCUT2D eigenvalue weighted by molar-refractivity contribution is -0.118. The minimum Gasteiger partial charge on any atom is -0.484 e. The van der Waals surface area contributed by atoms with E-state index >= 15 is 0 Å². The number of ether oxygens (including phenoxy) is 2. The number of nitrogens with one attached hydrogen (secondary N) is 3. The SMILES string of the molecule is CC(C)(C)c1ccc(OCC(=O)Nc2ccnc3c2NNN3[C@H]2CC[C@@H](CO)O2)cc1. The summed E-state index contributed by atoms with van der Waals surface area (Å²) in [6.07, 6.45) is 2.75. The minimum absolute atomic E-state index is 0.00686. The second kappa shape index (κ2) is 8.70. The maximum Gasteiger partial charge on any atom is 0.262 e. The number of benzene rings is 1. The molecular weight excluding hydrogens is 398 g/mol. The fourth-order valence-electron chi connectivity index (χ4n) is 3.64. The Hall–Kier alpha value is -2.88. The van der Waals surface area contributed by atoms with Crippen molar-refractivity contribution in [2.45, 2.75) is 51.4 Å². The molecule has 2 aliphatic heterocycles. The molecule has 4 rings (SSSR count). The number of hydrazine groups is 2. The van der Waals surface area contributed by atoms with Gasteiger partial charge in [-0.1, -0.05) is 32.9 Å². The molecule has 1 aromatic carbocycles. The smallest absolute Gasteiger partial charge is 0.262 e. The largest absolute Gasteiger partial charge is 0.484 e. The predicted octanol–water partition coefficient (Wildman–Crippen LogP) is 2.55. The number of nitrogens with zero attached hydrogens (tertiary/aromatic N) is 2. The Kier molecular flexibility index (Phi) is 5.99. The van der Waals surface area contributed by atoms with Crippen LogP contribution in [-0.4, -0.2) is 41.5 Å². The van der Waals surface area contributed by atoms with Crippen LogP contribution in [0.3, 0.4) is 0 Å². The fourth-order valence-corrected chi connectivity index (χ4v) is 3.64. The molecule has 0 aliphatic carbocycles. The molecule has 1 fully saturated rings. The van der Waals surface area contributed by atoms with Crippen molar-refractivity contribution in [3.8, 4) is 5.75 Å². The quantitative estimate of drug-likeness (QED) is 0.557. The van der Waals surface area contributed by atoms with Crippen molar-refractivity contribution >= 4 is 23.1 Å². The van der Waals surface area contributed by atoms with Gasteiger partial charge >= 0.3 is 0 Å². The summed E-state index contributed by atoms with van der Waals surface area (Å²) in [5.41, 5.74) is 8.59. The van der Waals surface area contributed by atoms with E-state index in [0.717, 1.165) is 12.8 Å². The number of aliphatic hydroxyl groups is 1. The third-order valence-corrected chi connectivity index (χ3v) is 5.40. The van der Waals surface area contributed by atoms with Crippen LogP contribution in [0.1, 0.15) is 39.2 Å². The first kappa shape index (κ1) is 21.4. The van der Waals surface area contributed by atoms with Gasteiger partial charge in [-0.15, -0.1) is 5.53 Å². The molecule has 2 aromatic rings. The number of aromatic nitrogens is 1. The van der Waals surface area contributed by atoms with Crippen LogP contribution >= 0.6 is 0 Å². The molecule has 2 atom stereocenters. The van der Waals surface area contributed by atoms with E-state index in [0.29, 0.717) is 22.9 Å². The van der Waals surface area contributed by atoms with Gasteiger partial charge in [0.15, 0.2) is 12.4 Å². The van der Waals surface area contributed by atoms with Gasteiger partial charge in [0.25, 0.3) is 5.91 Å². The van der Waals surface area contributed by atoms with Crippen molar-refractivity contribution in [3.05, 3.63) is 42.1 Å². The average molecular weight is 428 g/mol. The van der Waals surface area contributed by atoms with Crippen LogP contribution in [0, 0.1) is 0 Å². The number of pyridine rings is 1. The zero-order valence-electron chi connectivity index (χ0n) is 18.0. The zero-order valence-corrected chi connectivity index (χ0v) is 18.0. The van der Waals surface area contributed by atoms with Crippen LogP contribution in [0.2, 0.25) is 0 Å². The van der Waals surface area contributed by atoms with Gasteiger partial charge in [0.1, 0.15) is 17.7 Å². The number of carbonyl (C=O) groups is 1. The number of hydrogen-bond donors (Lipinski definition) is 4. The summed E-state index contributed by atoms with van der Waals surface area (Å²) in [5.74, 6) is 0.997. The summed E-state index contributed by atoms with van der Waals surface area (Å²) in [7, 11) is 0. The number of anilines is 3. The van der Waals surface area contributed by atoms with Crippen molar-refractivity contribution in [1.29, 1.82) is 0 Å². The monoisotopic (exact) mass is 427 g/mol. The van der Waals surface area contributed by atoms with Crippen LogP contribution in [-0.2, 0) is 14.9 Å². The van der Waals surface area contributed by atoms with E-state index in [-0.39, 0.29) is 36.9 Å². The lowest BCUT2D eigenvalue weighted by Crippen LogP contribution is -2.44. The zero-order chi connectivity index (χ0) is 22.0. The minimum atomic E-state index is -0.272. The predicted molar refractivity (Wildman–Crippen MR) is 118 cm³/mol. The molecule has 4 N–H and O–H groups in total. The van der Waals surface area contributed by atoms with Gasteiger partial charge < -0.3 is 19.9 Å². The Morgan fingerprint density at radius 3 is 2.74 bits per heavy atom. The molecule has 1 aromatic heterocycles. The summed E-state index contributed by atoms with van der Waals surface area (Å²) < 4.78 is 11.5. The lowest BCUT2D eigenvalue weighted by Gasteiger charge is -2.24. The number of hydrogen-bond acceptors (Lipinski definition) is 8. The summed E-state index contributed by atoms with van der Waals surface area (Å²) in [5, 5.41) is 13.9. The van der Waals surface area contributed by atoms with E-state index in [4.69, 9.17) is 9.47 Å². The maximum absolute atomic E-state index is 12.5. The van der Waals surface area contributed by atoms with E-state index in [1.165, 1.54) is 5.56 Å². The molecule has 0 spiro atoms. The van der Waals surface area contributed by atoms with Gasteiger partial charge in [0, 0.05) is 6.20 Å². The van der Waals surface area contributed by atoms with Crippen LogP contribution in [0.4, 0.5) is 17.2 Å². The third kappa shape index (κ3) is 4.73. The Labute approximate surface area is 181 Å². The van der Waals surface area contributed by atoms with Crippen molar-refractivity contribution in [3.63, 3.8) is 0 Å². The molecule has 9 heteroatoms. The molecule has 0 radical (unpaired) electrons. The Morgan fingerprint density at radius 1 is 1.29 bits per heavy atom. The molecule has 0 saturated carbocycles. The van der Waals surface area contributed by atoms with E-state index < -0.39 is 0 Å². The van der Waals surface area contributed by atoms with Gasteiger partial charge in [-0.3, -0.25) is 10.2 Å². The first-order chi connectivity index (χ1) is 14.8. The molecule has 31 heavy (non-hydrogen) atoms. The van der Waals surface area contributed by atoms with Gasteiger partial charge in [-0.05, 0) is 42.0 Å². The normalized spacial score (nSPS) is 20.3. The van der Waals surface area contributed by atoms with Crippen LogP contribution in [0.15, 0.2) is 36.5 Å². The highest BCUT2D eigenvalue weighted by Gasteiger charge is 2.35.